The maximum Gasteiger partial charge on any atom is 0.494 e. The molecule has 0 unspecified atom stereocenters. The third-order valence-corrected chi connectivity index (χ3v) is 4.36. The summed E-state index contributed by atoms with van der Waals surface area (Å²) in [6.07, 6.45) is 4.00. The van der Waals surface area contributed by atoms with Crippen LogP contribution in [-0.4, -0.2) is 30.9 Å². The fraction of sp³-hybridized carbons (Fsp3) is 0.500. The van der Waals surface area contributed by atoms with Crippen molar-refractivity contribution in [1.82, 2.24) is 0 Å². The van der Waals surface area contributed by atoms with Crippen molar-refractivity contribution in [3.8, 4) is 0 Å². The van der Waals surface area contributed by atoms with Crippen molar-refractivity contribution in [3.05, 3.63) is 35.9 Å². The molecule has 1 heterocycles. The second-order valence-corrected chi connectivity index (χ2v) is 6.67. The van der Waals surface area contributed by atoms with E-state index in [-0.39, 0.29) is 30.7 Å². The average Bonchev–Trinajstić information content (AvgIpc) is 2.68. The minimum Gasteiger partial charge on any atom is -0.466 e. The molecule has 0 atom stereocenters. The highest BCUT2D eigenvalue weighted by Crippen LogP contribution is 2.36. The Labute approximate surface area is 139 Å². The standard InChI is InChI=1S/C18H25BO4/c1-6-21-16(20)9-7-8-14-10-12-15(13-11-14)19-22-17(2,3)18(4,5)23-19/h7-8,10-13H,6,9H2,1-5H3. The van der Waals surface area contributed by atoms with E-state index in [0.29, 0.717) is 6.61 Å². The van der Waals surface area contributed by atoms with Crippen LogP contribution in [0.15, 0.2) is 30.3 Å². The molecule has 0 aliphatic carbocycles. The van der Waals surface area contributed by atoms with Crippen LogP contribution in [0.3, 0.4) is 0 Å². The van der Waals surface area contributed by atoms with Gasteiger partial charge in [-0.25, -0.2) is 0 Å². The first kappa shape index (κ1) is 17.8. The average molecular weight is 316 g/mol. The first-order valence-electron chi connectivity index (χ1n) is 8.03. The van der Waals surface area contributed by atoms with Crippen LogP contribution in [0, 0.1) is 0 Å². The third kappa shape index (κ3) is 4.24. The zero-order chi connectivity index (χ0) is 17.1. The molecule has 1 aliphatic heterocycles. The Morgan fingerprint density at radius 1 is 1.13 bits per heavy atom. The fourth-order valence-corrected chi connectivity index (χ4v) is 2.25. The highest BCUT2D eigenvalue weighted by molar-refractivity contribution is 6.62. The number of ether oxygens (including phenoxy) is 1. The molecule has 1 fully saturated rings. The second-order valence-electron chi connectivity index (χ2n) is 6.67. The Balaban J connectivity index is 1.98. The molecule has 0 saturated carbocycles. The van der Waals surface area contributed by atoms with Crippen molar-refractivity contribution in [2.75, 3.05) is 6.61 Å². The Hall–Kier alpha value is -1.59. The predicted molar refractivity (Wildman–Crippen MR) is 92.4 cm³/mol. The highest BCUT2D eigenvalue weighted by atomic mass is 16.7. The highest BCUT2D eigenvalue weighted by Gasteiger charge is 2.51. The number of carbonyl (C=O) groups excluding carboxylic acids is 1. The lowest BCUT2D eigenvalue weighted by Crippen LogP contribution is -2.41. The largest absolute Gasteiger partial charge is 0.494 e. The fourth-order valence-electron chi connectivity index (χ4n) is 2.25. The molecule has 0 bridgehead atoms. The normalized spacial score (nSPS) is 19.3. The van der Waals surface area contributed by atoms with Crippen LogP contribution >= 0.6 is 0 Å². The van der Waals surface area contributed by atoms with Gasteiger partial charge in [-0.15, -0.1) is 0 Å². The zero-order valence-electron chi connectivity index (χ0n) is 14.6. The molecule has 0 aromatic heterocycles. The van der Waals surface area contributed by atoms with Crippen LogP contribution in [0.25, 0.3) is 6.08 Å². The van der Waals surface area contributed by atoms with E-state index >= 15 is 0 Å². The van der Waals surface area contributed by atoms with Gasteiger partial charge < -0.3 is 14.0 Å². The molecule has 1 aromatic rings. The summed E-state index contributed by atoms with van der Waals surface area (Å²) < 4.78 is 16.9. The summed E-state index contributed by atoms with van der Waals surface area (Å²) in [5, 5.41) is 0. The van der Waals surface area contributed by atoms with E-state index in [2.05, 4.69) is 0 Å². The van der Waals surface area contributed by atoms with Gasteiger partial charge in [-0.1, -0.05) is 36.4 Å². The molecule has 2 rings (SSSR count). The Bertz CT molecular complexity index is 559. The molecule has 0 N–H and O–H groups in total. The van der Waals surface area contributed by atoms with Gasteiger partial charge in [0.05, 0.1) is 24.2 Å². The van der Waals surface area contributed by atoms with Crippen molar-refractivity contribution < 1.29 is 18.8 Å². The number of esters is 1. The van der Waals surface area contributed by atoms with Gasteiger partial charge in [0.1, 0.15) is 0 Å². The third-order valence-electron chi connectivity index (χ3n) is 4.36. The molecule has 4 nitrogen and oxygen atoms in total. The van der Waals surface area contributed by atoms with Gasteiger partial charge in [0.2, 0.25) is 0 Å². The number of hydrogen-bond donors (Lipinski definition) is 0. The van der Waals surface area contributed by atoms with Crippen LogP contribution in [0.1, 0.15) is 46.6 Å². The van der Waals surface area contributed by atoms with E-state index in [9.17, 15) is 4.79 Å². The SMILES string of the molecule is CCOC(=O)CC=Cc1ccc(B2OC(C)(C)C(C)(C)O2)cc1. The molecule has 5 heteroatoms. The molecule has 23 heavy (non-hydrogen) atoms. The van der Waals surface area contributed by atoms with E-state index in [1.807, 2.05) is 64.1 Å². The predicted octanol–water partition coefficient (Wildman–Crippen LogP) is 2.95. The van der Waals surface area contributed by atoms with Gasteiger partial charge in [-0.05, 0) is 45.6 Å². The van der Waals surface area contributed by atoms with Gasteiger partial charge >= 0.3 is 13.1 Å². The van der Waals surface area contributed by atoms with Crippen molar-refractivity contribution in [2.45, 2.75) is 52.2 Å². The molecule has 0 radical (unpaired) electrons. The maximum absolute atomic E-state index is 11.3. The van der Waals surface area contributed by atoms with Crippen LogP contribution in [-0.2, 0) is 18.8 Å². The summed E-state index contributed by atoms with van der Waals surface area (Å²) in [6, 6.07) is 7.96. The quantitative estimate of drug-likeness (QED) is 0.619. The maximum atomic E-state index is 11.3. The van der Waals surface area contributed by atoms with Gasteiger partial charge in [-0.2, -0.15) is 0 Å². The second kappa shape index (κ2) is 6.89. The molecular formula is C18H25BO4. The topological polar surface area (TPSA) is 44.8 Å². The summed E-state index contributed by atoms with van der Waals surface area (Å²) in [5.41, 5.74) is 1.34. The number of carbonyl (C=O) groups is 1. The summed E-state index contributed by atoms with van der Waals surface area (Å²) in [5.74, 6) is -0.211. The van der Waals surface area contributed by atoms with Crippen molar-refractivity contribution in [2.24, 2.45) is 0 Å². The molecule has 1 saturated heterocycles. The lowest BCUT2D eigenvalue weighted by Gasteiger charge is -2.32. The van der Waals surface area contributed by atoms with Gasteiger partial charge in [0.15, 0.2) is 0 Å². The van der Waals surface area contributed by atoms with Gasteiger partial charge in [0.25, 0.3) is 0 Å². The minimum absolute atomic E-state index is 0.211. The lowest BCUT2D eigenvalue weighted by atomic mass is 9.79. The summed E-state index contributed by atoms with van der Waals surface area (Å²) in [6.45, 7) is 10.4. The van der Waals surface area contributed by atoms with E-state index in [0.717, 1.165) is 11.0 Å². The Morgan fingerprint density at radius 2 is 1.70 bits per heavy atom. The Morgan fingerprint density at radius 3 is 2.22 bits per heavy atom. The van der Waals surface area contributed by atoms with Gasteiger partial charge in [-0.3, -0.25) is 4.79 Å². The molecule has 0 amide bonds. The first-order valence-corrected chi connectivity index (χ1v) is 8.03. The number of benzene rings is 1. The summed E-state index contributed by atoms with van der Waals surface area (Å²) >= 11 is 0. The number of hydrogen-bond acceptors (Lipinski definition) is 4. The smallest absolute Gasteiger partial charge is 0.466 e. The molecule has 1 aromatic carbocycles. The molecular weight excluding hydrogens is 291 g/mol. The summed E-state index contributed by atoms with van der Waals surface area (Å²) in [7, 11) is -0.349. The van der Waals surface area contributed by atoms with E-state index in [1.54, 1.807) is 6.92 Å². The zero-order valence-corrected chi connectivity index (χ0v) is 14.6. The van der Waals surface area contributed by atoms with Crippen LogP contribution < -0.4 is 5.46 Å². The minimum atomic E-state index is -0.349. The molecule has 0 spiro atoms. The monoisotopic (exact) mass is 316 g/mol. The lowest BCUT2D eigenvalue weighted by molar-refractivity contribution is -0.142. The van der Waals surface area contributed by atoms with E-state index < -0.39 is 0 Å². The molecule has 124 valence electrons. The number of rotatable bonds is 5. The van der Waals surface area contributed by atoms with E-state index in [1.165, 1.54) is 0 Å². The Kier molecular flexibility index (Phi) is 5.32. The van der Waals surface area contributed by atoms with Crippen molar-refractivity contribution in [1.29, 1.82) is 0 Å². The van der Waals surface area contributed by atoms with Gasteiger partial charge in [0, 0.05) is 0 Å². The first-order chi connectivity index (χ1) is 10.7. The van der Waals surface area contributed by atoms with Crippen LogP contribution in [0.5, 0.6) is 0 Å². The van der Waals surface area contributed by atoms with Crippen LogP contribution in [0.4, 0.5) is 0 Å². The summed E-state index contributed by atoms with van der Waals surface area (Å²) in [4.78, 5) is 11.3. The van der Waals surface area contributed by atoms with Crippen molar-refractivity contribution >= 4 is 24.6 Å². The van der Waals surface area contributed by atoms with Crippen LogP contribution in [0.2, 0.25) is 0 Å². The molecule has 1 aliphatic rings. The van der Waals surface area contributed by atoms with Crippen molar-refractivity contribution in [3.63, 3.8) is 0 Å². The van der Waals surface area contributed by atoms with E-state index in [4.69, 9.17) is 14.0 Å².